The van der Waals surface area contributed by atoms with Gasteiger partial charge in [0.2, 0.25) is 10.0 Å². The SMILES string of the molecule is Cc1cc(CN2CC3(CCC(CNS(C)(=O)=O)CO3)C2)n(C)n1. The molecule has 0 saturated carbocycles. The molecule has 23 heavy (non-hydrogen) atoms. The molecule has 1 N–H and O–H groups in total. The number of hydrogen-bond acceptors (Lipinski definition) is 5. The highest BCUT2D eigenvalue weighted by molar-refractivity contribution is 7.88. The number of nitrogens with zero attached hydrogens (tertiary/aromatic N) is 3. The van der Waals surface area contributed by atoms with Crippen molar-refractivity contribution in [2.75, 3.05) is 32.5 Å². The summed E-state index contributed by atoms with van der Waals surface area (Å²) in [5, 5.41) is 4.38. The fourth-order valence-corrected chi connectivity index (χ4v) is 4.06. The molecule has 7 nitrogen and oxygen atoms in total. The van der Waals surface area contributed by atoms with Crippen LogP contribution in [-0.2, 0) is 28.4 Å². The van der Waals surface area contributed by atoms with Crippen molar-refractivity contribution in [1.82, 2.24) is 19.4 Å². The van der Waals surface area contributed by atoms with Gasteiger partial charge in [0.25, 0.3) is 0 Å². The molecule has 8 heteroatoms. The molecular formula is C15H26N4O3S. The Hall–Kier alpha value is -0.960. The van der Waals surface area contributed by atoms with Crippen molar-refractivity contribution in [1.29, 1.82) is 0 Å². The van der Waals surface area contributed by atoms with Gasteiger partial charge in [0.05, 0.1) is 29.9 Å². The van der Waals surface area contributed by atoms with Crippen LogP contribution >= 0.6 is 0 Å². The minimum Gasteiger partial charge on any atom is -0.372 e. The molecule has 2 aliphatic rings. The van der Waals surface area contributed by atoms with Crippen LogP contribution < -0.4 is 4.72 Å². The molecule has 3 heterocycles. The van der Waals surface area contributed by atoms with Gasteiger partial charge in [-0.1, -0.05) is 0 Å². The Morgan fingerprint density at radius 2 is 2.22 bits per heavy atom. The molecule has 130 valence electrons. The third-order valence-electron chi connectivity index (χ3n) is 4.78. The molecule has 0 radical (unpaired) electrons. The van der Waals surface area contributed by atoms with Gasteiger partial charge in [-0.2, -0.15) is 5.10 Å². The van der Waals surface area contributed by atoms with E-state index < -0.39 is 10.0 Å². The maximum Gasteiger partial charge on any atom is 0.208 e. The van der Waals surface area contributed by atoms with E-state index >= 15 is 0 Å². The lowest BCUT2D eigenvalue weighted by atomic mass is 9.83. The van der Waals surface area contributed by atoms with Crippen molar-refractivity contribution in [3.05, 3.63) is 17.5 Å². The minimum absolute atomic E-state index is 0.0186. The molecule has 3 rings (SSSR count). The Labute approximate surface area is 138 Å². The molecule has 0 amide bonds. The molecule has 1 atom stereocenters. The first-order valence-electron chi connectivity index (χ1n) is 8.05. The lowest BCUT2D eigenvalue weighted by molar-refractivity contribution is -0.181. The summed E-state index contributed by atoms with van der Waals surface area (Å²) in [5.41, 5.74) is 2.26. The molecule has 1 aromatic heterocycles. The zero-order chi connectivity index (χ0) is 16.7. The predicted molar refractivity (Wildman–Crippen MR) is 87.5 cm³/mol. The van der Waals surface area contributed by atoms with Gasteiger partial charge < -0.3 is 4.74 Å². The average Bonchev–Trinajstić information content (AvgIpc) is 2.73. The second kappa shape index (κ2) is 6.16. The van der Waals surface area contributed by atoms with Gasteiger partial charge in [-0.15, -0.1) is 0 Å². The van der Waals surface area contributed by atoms with E-state index in [1.807, 2.05) is 18.7 Å². The van der Waals surface area contributed by atoms with Crippen molar-refractivity contribution in [2.24, 2.45) is 13.0 Å². The van der Waals surface area contributed by atoms with Gasteiger partial charge in [-0.05, 0) is 31.7 Å². The zero-order valence-electron chi connectivity index (χ0n) is 14.1. The quantitative estimate of drug-likeness (QED) is 0.831. The Balaban J connectivity index is 1.44. The van der Waals surface area contributed by atoms with Crippen molar-refractivity contribution >= 4 is 10.0 Å². The molecular weight excluding hydrogens is 316 g/mol. The van der Waals surface area contributed by atoms with Crippen LogP contribution in [0.3, 0.4) is 0 Å². The van der Waals surface area contributed by atoms with Crippen LogP contribution in [0.1, 0.15) is 24.2 Å². The van der Waals surface area contributed by atoms with E-state index in [0.29, 0.717) is 13.2 Å². The Kier molecular flexibility index (Phi) is 4.52. The van der Waals surface area contributed by atoms with Gasteiger partial charge in [0.1, 0.15) is 0 Å². The van der Waals surface area contributed by atoms with E-state index in [2.05, 4.69) is 20.8 Å². The van der Waals surface area contributed by atoms with Crippen LogP contribution in [0.25, 0.3) is 0 Å². The van der Waals surface area contributed by atoms with E-state index in [0.717, 1.165) is 38.2 Å². The summed E-state index contributed by atoms with van der Waals surface area (Å²) in [4.78, 5) is 2.38. The smallest absolute Gasteiger partial charge is 0.208 e. The third kappa shape index (κ3) is 4.12. The first kappa shape index (κ1) is 16.9. The molecule has 1 spiro atoms. The van der Waals surface area contributed by atoms with Gasteiger partial charge >= 0.3 is 0 Å². The average molecular weight is 342 g/mol. The van der Waals surface area contributed by atoms with E-state index in [9.17, 15) is 8.42 Å². The highest BCUT2D eigenvalue weighted by Gasteiger charge is 2.46. The summed E-state index contributed by atoms with van der Waals surface area (Å²) in [5.74, 6) is 0.282. The molecule has 0 bridgehead atoms. The van der Waals surface area contributed by atoms with Crippen LogP contribution in [0.4, 0.5) is 0 Å². The number of aromatic nitrogens is 2. The number of hydrogen-bond donors (Lipinski definition) is 1. The number of nitrogens with one attached hydrogen (secondary N) is 1. The molecule has 0 aromatic carbocycles. The van der Waals surface area contributed by atoms with Crippen molar-refractivity contribution in [3.8, 4) is 0 Å². The number of ether oxygens (including phenoxy) is 1. The lowest BCUT2D eigenvalue weighted by Crippen LogP contribution is -2.64. The number of likely N-dealkylation sites (tertiary alicyclic amines) is 1. The maximum atomic E-state index is 11.1. The van der Waals surface area contributed by atoms with Crippen LogP contribution in [0, 0.1) is 12.8 Å². The molecule has 0 aliphatic carbocycles. The minimum atomic E-state index is -3.11. The van der Waals surface area contributed by atoms with Gasteiger partial charge in [-0.3, -0.25) is 9.58 Å². The van der Waals surface area contributed by atoms with Gasteiger partial charge in [-0.25, -0.2) is 13.1 Å². The fourth-order valence-electron chi connectivity index (χ4n) is 3.52. The molecule has 1 unspecified atom stereocenters. The summed E-state index contributed by atoms with van der Waals surface area (Å²) in [6.45, 7) is 5.93. The van der Waals surface area contributed by atoms with Gasteiger partial charge in [0.15, 0.2) is 0 Å². The predicted octanol–water partition coefficient (Wildman–Crippen LogP) is 0.259. The molecule has 2 aliphatic heterocycles. The van der Waals surface area contributed by atoms with Gasteiger partial charge in [0, 0.05) is 33.2 Å². The molecule has 2 saturated heterocycles. The highest BCUT2D eigenvalue weighted by atomic mass is 32.2. The van der Waals surface area contributed by atoms with Crippen LogP contribution in [0.15, 0.2) is 6.07 Å². The van der Waals surface area contributed by atoms with E-state index in [4.69, 9.17) is 4.74 Å². The second-order valence-electron chi connectivity index (χ2n) is 7.07. The van der Waals surface area contributed by atoms with Crippen LogP contribution in [0.2, 0.25) is 0 Å². The van der Waals surface area contributed by atoms with Crippen molar-refractivity contribution < 1.29 is 13.2 Å². The van der Waals surface area contributed by atoms with E-state index in [-0.39, 0.29) is 11.5 Å². The Morgan fingerprint density at radius 1 is 1.48 bits per heavy atom. The summed E-state index contributed by atoms with van der Waals surface area (Å²) < 4.78 is 32.9. The summed E-state index contributed by atoms with van der Waals surface area (Å²) in [6, 6.07) is 2.12. The maximum absolute atomic E-state index is 11.1. The van der Waals surface area contributed by atoms with Crippen molar-refractivity contribution in [3.63, 3.8) is 0 Å². The number of aryl methyl sites for hydroxylation is 2. The normalized spacial score (nSPS) is 24.7. The Morgan fingerprint density at radius 3 is 2.74 bits per heavy atom. The number of rotatable bonds is 5. The zero-order valence-corrected chi connectivity index (χ0v) is 14.9. The summed E-state index contributed by atoms with van der Waals surface area (Å²) in [7, 11) is -1.13. The number of sulfonamides is 1. The monoisotopic (exact) mass is 342 g/mol. The first-order valence-corrected chi connectivity index (χ1v) is 9.94. The largest absolute Gasteiger partial charge is 0.372 e. The summed E-state index contributed by atoms with van der Waals surface area (Å²) in [6.07, 6.45) is 3.22. The second-order valence-corrected chi connectivity index (χ2v) is 8.90. The van der Waals surface area contributed by atoms with Crippen LogP contribution in [0.5, 0.6) is 0 Å². The van der Waals surface area contributed by atoms with E-state index in [1.165, 1.54) is 11.9 Å². The van der Waals surface area contributed by atoms with E-state index in [1.54, 1.807) is 0 Å². The molecule has 1 aromatic rings. The first-order chi connectivity index (χ1) is 10.7. The fraction of sp³-hybridized carbons (Fsp3) is 0.800. The van der Waals surface area contributed by atoms with Crippen molar-refractivity contribution in [2.45, 2.75) is 31.9 Å². The third-order valence-corrected chi connectivity index (χ3v) is 5.47. The summed E-state index contributed by atoms with van der Waals surface area (Å²) >= 11 is 0. The Bertz CT molecular complexity index is 654. The topological polar surface area (TPSA) is 76.5 Å². The lowest BCUT2D eigenvalue weighted by Gasteiger charge is -2.52. The highest BCUT2D eigenvalue weighted by Crippen LogP contribution is 2.36. The molecule has 2 fully saturated rings. The standard InChI is InChI=1S/C15H26N4O3S/c1-12-6-14(18(2)17-12)8-19-10-15(11-19)5-4-13(9-22-15)7-16-23(3,20)21/h6,13,16H,4-5,7-11H2,1-3H3. The van der Waals surface area contributed by atoms with Crippen LogP contribution in [-0.4, -0.2) is 61.2 Å².